The minimum atomic E-state index is -0.107. The fourth-order valence-corrected chi connectivity index (χ4v) is 5.58. The van der Waals surface area contributed by atoms with Gasteiger partial charge in [-0.2, -0.15) is 0 Å². The predicted octanol–water partition coefficient (Wildman–Crippen LogP) is 2.75. The van der Waals surface area contributed by atoms with E-state index < -0.39 is 0 Å². The smallest absolute Gasteiger partial charge is 0.141 e. The van der Waals surface area contributed by atoms with E-state index in [2.05, 4.69) is 20.8 Å². The molecule has 1 nitrogen and oxygen atoms in total. The van der Waals surface area contributed by atoms with Gasteiger partial charge in [0.25, 0.3) is 0 Å². The van der Waals surface area contributed by atoms with Crippen molar-refractivity contribution < 1.29 is 4.79 Å². The van der Waals surface area contributed by atoms with Crippen molar-refractivity contribution in [3.8, 4) is 0 Å². The zero-order valence-electron chi connectivity index (χ0n) is 9.86. The summed E-state index contributed by atoms with van der Waals surface area (Å²) in [4.78, 5) is 12.4. The minimum absolute atomic E-state index is 0.107. The highest BCUT2D eigenvalue weighted by Gasteiger charge is 2.78. The summed E-state index contributed by atoms with van der Waals surface area (Å²) in [6, 6.07) is 0. The van der Waals surface area contributed by atoms with E-state index in [1.54, 1.807) is 0 Å². The van der Waals surface area contributed by atoms with E-state index in [9.17, 15) is 4.79 Å². The van der Waals surface area contributed by atoms with Gasteiger partial charge in [0.15, 0.2) is 0 Å². The molecule has 1 heteroatoms. The minimum Gasteiger partial charge on any atom is -0.299 e. The molecule has 7 atom stereocenters. The summed E-state index contributed by atoms with van der Waals surface area (Å²) in [5, 5.41) is 0. The number of Topliss-reactive ketones (excluding diaryl/α,β-unsaturated/α-hetero) is 1. The number of hydrogen-bond donors (Lipinski definition) is 0. The van der Waals surface area contributed by atoms with Crippen LogP contribution in [0.2, 0.25) is 0 Å². The lowest BCUT2D eigenvalue weighted by Gasteiger charge is -2.27. The second-order valence-electron chi connectivity index (χ2n) is 7.42. The maximum Gasteiger partial charge on any atom is 0.141 e. The second-order valence-corrected chi connectivity index (χ2v) is 7.42. The Bertz CT molecular complexity index is 351. The molecule has 0 N–H and O–H groups in total. The lowest BCUT2D eigenvalue weighted by atomic mass is 9.75. The molecule has 0 saturated heterocycles. The van der Waals surface area contributed by atoms with Crippen LogP contribution in [-0.4, -0.2) is 5.78 Å². The fraction of sp³-hybridized carbons (Fsp3) is 0.929. The van der Waals surface area contributed by atoms with Gasteiger partial charge in [0.2, 0.25) is 0 Å². The summed E-state index contributed by atoms with van der Waals surface area (Å²) < 4.78 is 0. The molecule has 6 bridgehead atoms. The summed E-state index contributed by atoms with van der Waals surface area (Å²) in [6.45, 7) is 6.28. The molecule has 0 aromatic carbocycles. The van der Waals surface area contributed by atoms with Gasteiger partial charge in [-0.15, -0.1) is 0 Å². The van der Waals surface area contributed by atoms with E-state index >= 15 is 0 Å². The summed E-state index contributed by atoms with van der Waals surface area (Å²) in [5.41, 5.74) is -0.107. The summed E-state index contributed by atoms with van der Waals surface area (Å²) in [7, 11) is 0. The third kappa shape index (κ3) is 0.819. The van der Waals surface area contributed by atoms with Crippen LogP contribution in [0.4, 0.5) is 0 Å². The molecule has 0 aromatic rings. The molecule has 0 spiro atoms. The number of carbonyl (C=O) groups is 1. The van der Waals surface area contributed by atoms with Crippen molar-refractivity contribution in [1.82, 2.24) is 0 Å². The molecular formula is C14H20O. The average Bonchev–Trinajstić information content (AvgIpc) is 2.56. The highest BCUT2D eigenvalue weighted by Crippen LogP contribution is 2.82. The topological polar surface area (TPSA) is 17.1 Å². The number of hydrogen-bond acceptors (Lipinski definition) is 1. The Morgan fingerprint density at radius 3 is 2.07 bits per heavy atom. The third-order valence-electron chi connectivity index (χ3n) is 5.89. The maximum absolute atomic E-state index is 12.4. The van der Waals surface area contributed by atoms with Gasteiger partial charge in [-0.05, 0) is 48.3 Å². The molecule has 5 aliphatic rings. The Balaban J connectivity index is 1.65. The van der Waals surface area contributed by atoms with Crippen LogP contribution in [0.25, 0.3) is 0 Å². The van der Waals surface area contributed by atoms with Crippen molar-refractivity contribution in [3.63, 3.8) is 0 Å². The first-order valence-corrected chi connectivity index (χ1v) is 6.54. The predicted molar refractivity (Wildman–Crippen MR) is 58.1 cm³/mol. The molecule has 82 valence electrons. The lowest BCUT2D eigenvalue weighted by molar-refractivity contribution is -0.132. The molecule has 0 amide bonds. The zero-order valence-corrected chi connectivity index (χ0v) is 9.86. The number of carbonyl (C=O) groups excluding carboxylic acids is 1. The summed E-state index contributed by atoms with van der Waals surface area (Å²) in [5.74, 6) is 6.95. The van der Waals surface area contributed by atoms with Gasteiger partial charge in [0, 0.05) is 11.3 Å². The van der Waals surface area contributed by atoms with E-state index in [0.29, 0.717) is 11.7 Å². The summed E-state index contributed by atoms with van der Waals surface area (Å²) >= 11 is 0. The van der Waals surface area contributed by atoms with Gasteiger partial charge in [-0.3, -0.25) is 4.79 Å². The van der Waals surface area contributed by atoms with Gasteiger partial charge in [-0.25, -0.2) is 0 Å². The quantitative estimate of drug-likeness (QED) is 0.642. The average molecular weight is 204 g/mol. The third-order valence-corrected chi connectivity index (χ3v) is 5.89. The van der Waals surface area contributed by atoms with Gasteiger partial charge in [0.1, 0.15) is 5.78 Å². The van der Waals surface area contributed by atoms with E-state index in [0.717, 1.165) is 35.5 Å². The fourth-order valence-electron chi connectivity index (χ4n) is 5.58. The van der Waals surface area contributed by atoms with E-state index in [1.165, 1.54) is 12.8 Å². The van der Waals surface area contributed by atoms with Gasteiger partial charge in [0.05, 0.1) is 0 Å². The molecular weight excluding hydrogens is 184 g/mol. The maximum atomic E-state index is 12.4. The first-order chi connectivity index (χ1) is 7.00. The standard InChI is InChI=1S/C14H20O/c1-14(2,3)13(15)9-5-7-6-4-8-10(7)12(8)11(6)9/h6-12H,4-5H2,1-3H3. The first-order valence-electron chi connectivity index (χ1n) is 6.54. The molecule has 0 aromatic heterocycles. The molecule has 7 unspecified atom stereocenters. The van der Waals surface area contributed by atoms with Crippen LogP contribution in [0.1, 0.15) is 33.6 Å². The Hall–Kier alpha value is -0.330. The Morgan fingerprint density at radius 2 is 1.60 bits per heavy atom. The molecule has 5 saturated carbocycles. The summed E-state index contributed by atoms with van der Waals surface area (Å²) in [6.07, 6.45) is 2.74. The van der Waals surface area contributed by atoms with E-state index in [4.69, 9.17) is 0 Å². The van der Waals surface area contributed by atoms with Crippen molar-refractivity contribution in [2.24, 2.45) is 46.8 Å². The van der Waals surface area contributed by atoms with Crippen LogP contribution in [0, 0.1) is 46.8 Å². The lowest BCUT2D eigenvalue weighted by Crippen LogP contribution is -2.32. The second kappa shape index (κ2) is 2.19. The molecule has 5 aliphatic carbocycles. The Kier molecular flexibility index (Phi) is 1.28. The molecule has 0 radical (unpaired) electrons. The largest absolute Gasteiger partial charge is 0.299 e. The SMILES string of the molecule is CC(C)(C)C(=O)C1CC2C3CC4C2C4C13. The van der Waals surface area contributed by atoms with E-state index in [1.807, 2.05) is 0 Å². The van der Waals surface area contributed by atoms with Crippen LogP contribution >= 0.6 is 0 Å². The van der Waals surface area contributed by atoms with Crippen molar-refractivity contribution >= 4 is 5.78 Å². The molecule has 0 heterocycles. The van der Waals surface area contributed by atoms with Crippen LogP contribution in [0.3, 0.4) is 0 Å². The van der Waals surface area contributed by atoms with Crippen LogP contribution < -0.4 is 0 Å². The van der Waals surface area contributed by atoms with Crippen molar-refractivity contribution in [2.75, 3.05) is 0 Å². The van der Waals surface area contributed by atoms with Crippen molar-refractivity contribution in [3.05, 3.63) is 0 Å². The monoisotopic (exact) mass is 204 g/mol. The molecule has 15 heavy (non-hydrogen) atoms. The highest BCUT2D eigenvalue weighted by molar-refractivity contribution is 5.87. The molecule has 0 aliphatic heterocycles. The van der Waals surface area contributed by atoms with Gasteiger partial charge in [-0.1, -0.05) is 20.8 Å². The van der Waals surface area contributed by atoms with Crippen LogP contribution in [0.5, 0.6) is 0 Å². The highest BCUT2D eigenvalue weighted by atomic mass is 16.1. The van der Waals surface area contributed by atoms with Crippen molar-refractivity contribution in [2.45, 2.75) is 33.6 Å². The normalized spacial score (nSPS) is 58.7. The van der Waals surface area contributed by atoms with Gasteiger partial charge >= 0.3 is 0 Å². The van der Waals surface area contributed by atoms with Crippen LogP contribution in [0.15, 0.2) is 0 Å². The first kappa shape index (κ1) is 8.78. The van der Waals surface area contributed by atoms with Crippen molar-refractivity contribution in [1.29, 1.82) is 0 Å². The molecule has 5 fully saturated rings. The molecule has 5 rings (SSSR count). The number of rotatable bonds is 1. The number of ketones is 1. The van der Waals surface area contributed by atoms with E-state index in [-0.39, 0.29) is 5.41 Å². The Morgan fingerprint density at radius 1 is 0.933 bits per heavy atom. The van der Waals surface area contributed by atoms with Gasteiger partial charge < -0.3 is 0 Å². The zero-order chi connectivity index (χ0) is 10.5. The Labute approximate surface area is 91.6 Å². The van der Waals surface area contributed by atoms with Crippen LogP contribution in [-0.2, 0) is 4.79 Å².